The van der Waals surface area contributed by atoms with Gasteiger partial charge < -0.3 is 4.90 Å². The van der Waals surface area contributed by atoms with E-state index in [1.54, 1.807) is 14.8 Å². The standard InChI is InChI=1S/C15H25N5O2S/c1-14-12-15(17-16-13-14)18-8-10-20(11-9-18)23(21,22)19-6-4-2-3-5-7-19/h12-13H,2-11H2,1H3. The molecule has 0 saturated carbocycles. The molecule has 0 aromatic carbocycles. The maximum absolute atomic E-state index is 12.8. The summed E-state index contributed by atoms with van der Waals surface area (Å²) in [7, 11) is -3.32. The highest BCUT2D eigenvalue weighted by Gasteiger charge is 2.32. The molecule has 23 heavy (non-hydrogen) atoms. The first kappa shape index (κ1) is 16.6. The van der Waals surface area contributed by atoms with Gasteiger partial charge in [0.15, 0.2) is 5.82 Å². The van der Waals surface area contributed by atoms with Crippen molar-refractivity contribution in [3.8, 4) is 0 Å². The van der Waals surface area contributed by atoms with Crippen molar-refractivity contribution in [3.05, 3.63) is 17.8 Å². The average Bonchev–Trinajstić information content (AvgIpc) is 2.85. The minimum absolute atomic E-state index is 0.508. The SMILES string of the molecule is Cc1cnnc(N2CCN(S(=O)(=O)N3CCCCCC3)CC2)c1. The van der Waals surface area contributed by atoms with Crippen molar-refractivity contribution in [2.75, 3.05) is 44.2 Å². The molecule has 2 fully saturated rings. The smallest absolute Gasteiger partial charge is 0.282 e. The van der Waals surface area contributed by atoms with Crippen LogP contribution < -0.4 is 4.90 Å². The molecule has 2 saturated heterocycles. The van der Waals surface area contributed by atoms with Gasteiger partial charge in [-0.25, -0.2) is 0 Å². The number of hydrogen-bond acceptors (Lipinski definition) is 5. The maximum atomic E-state index is 12.8. The van der Waals surface area contributed by atoms with Crippen molar-refractivity contribution in [2.24, 2.45) is 0 Å². The van der Waals surface area contributed by atoms with Gasteiger partial charge in [0, 0.05) is 39.3 Å². The Morgan fingerprint density at radius 2 is 1.52 bits per heavy atom. The molecule has 0 radical (unpaired) electrons. The van der Waals surface area contributed by atoms with Crippen LogP contribution in [0.1, 0.15) is 31.2 Å². The fourth-order valence-electron chi connectivity index (χ4n) is 3.19. The molecule has 0 N–H and O–H groups in total. The number of hydrogen-bond donors (Lipinski definition) is 0. The fraction of sp³-hybridized carbons (Fsp3) is 0.733. The molecule has 0 unspecified atom stereocenters. The molecule has 3 rings (SSSR count). The second-order valence-electron chi connectivity index (χ2n) is 6.30. The third-order valence-corrected chi connectivity index (χ3v) is 6.59. The third kappa shape index (κ3) is 3.81. The Balaban J connectivity index is 1.63. The highest BCUT2D eigenvalue weighted by Crippen LogP contribution is 2.20. The summed E-state index contributed by atoms with van der Waals surface area (Å²) >= 11 is 0. The summed E-state index contributed by atoms with van der Waals surface area (Å²) in [4.78, 5) is 2.11. The molecule has 0 atom stereocenters. The van der Waals surface area contributed by atoms with E-state index in [-0.39, 0.29) is 0 Å². The normalized spacial score (nSPS) is 22.0. The van der Waals surface area contributed by atoms with Gasteiger partial charge in [0.1, 0.15) is 0 Å². The lowest BCUT2D eigenvalue weighted by Crippen LogP contribution is -2.53. The molecule has 1 aromatic rings. The fourth-order valence-corrected chi connectivity index (χ4v) is 4.86. The van der Waals surface area contributed by atoms with Gasteiger partial charge in [-0.3, -0.25) is 0 Å². The molecule has 3 heterocycles. The minimum atomic E-state index is -3.32. The molecule has 1 aromatic heterocycles. The van der Waals surface area contributed by atoms with Crippen molar-refractivity contribution < 1.29 is 8.42 Å². The third-order valence-electron chi connectivity index (χ3n) is 4.56. The lowest BCUT2D eigenvalue weighted by molar-refractivity contribution is 0.327. The van der Waals surface area contributed by atoms with Crippen LogP contribution in [0.4, 0.5) is 5.82 Å². The summed E-state index contributed by atoms with van der Waals surface area (Å²) in [5.74, 6) is 0.830. The zero-order valence-electron chi connectivity index (χ0n) is 13.7. The Kier molecular flexibility index (Phi) is 5.13. The quantitative estimate of drug-likeness (QED) is 0.823. The van der Waals surface area contributed by atoms with E-state index in [1.807, 2.05) is 13.0 Å². The van der Waals surface area contributed by atoms with E-state index in [0.717, 1.165) is 37.1 Å². The molecule has 8 heteroatoms. The predicted molar refractivity (Wildman–Crippen MR) is 89.5 cm³/mol. The van der Waals surface area contributed by atoms with Crippen LogP contribution >= 0.6 is 0 Å². The van der Waals surface area contributed by atoms with Gasteiger partial charge in [-0.1, -0.05) is 12.8 Å². The summed E-state index contributed by atoms with van der Waals surface area (Å²) in [6, 6.07) is 1.99. The predicted octanol–water partition coefficient (Wildman–Crippen LogP) is 1.03. The van der Waals surface area contributed by atoms with Gasteiger partial charge in [0.05, 0.1) is 6.20 Å². The zero-order valence-corrected chi connectivity index (χ0v) is 14.5. The van der Waals surface area contributed by atoms with Crippen molar-refractivity contribution in [1.82, 2.24) is 18.8 Å². The van der Waals surface area contributed by atoms with Gasteiger partial charge in [-0.15, -0.1) is 5.10 Å². The molecule has 0 spiro atoms. The van der Waals surface area contributed by atoms with Crippen LogP contribution in [-0.2, 0) is 10.2 Å². The maximum Gasteiger partial charge on any atom is 0.282 e. The Morgan fingerprint density at radius 3 is 2.13 bits per heavy atom. The van der Waals surface area contributed by atoms with E-state index >= 15 is 0 Å². The first-order valence-electron chi connectivity index (χ1n) is 8.37. The van der Waals surface area contributed by atoms with Crippen LogP contribution in [0.3, 0.4) is 0 Å². The number of rotatable bonds is 3. The van der Waals surface area contributed by atoms with Crippen LogP contribution in [0, 0.1) is 6.92 Å². The van der Waals surface area contributed by atoms with Gasteiger partial charge in [0.2, 0.25) is 0 Å². The van der Waals surface area contributed by atoms with Crippen molar-refractivity contribution >= 4 is 16.0 Å². The average molecular weight is 339 g/mol. The summed E-state index contributed by atoms with van der Waals surface area (Å²) < 4.78 is 28.9. The topological polar surface area (TPSA) is 69.6 Å². The summed E-state index contributed by atoms with van der Waals surface area (Å²) in [6.45, 7) is 5.63. The Bertz CT molecular complexity index is 621. The van der Waals surface area contributed by atoms with E-state index in [2.05, 4.69) is 15.1 Å². The van der Waals surface area contributed by atoms with Crippen LogP contribution in [0.2, 0.25) is 0 Å². The molecule has 0 bridgehead atoms. The first-order chi connectivity index (χ1) is 11.1. The zero-order chi connectivity index (χ0) is 16.3. The number of nitrogens with zero attached hydrogens (tertiary/aromatic N) is 5. The number of aryl methyl sites for hydroxylation is 1. The molecule has 7 nitrogen and oxygen atoms in total. The van der Waals surface area contributed by atoms with Gasteiger partial charge in [-0.05, 0) is 31.4 Å². The molecular weight excluding hydrogens is 314 g/mol. The van der Waals surface area contributed by atoms with E-state index in [1.165, 1.54) is 0 Å². The summed E-state index contributed by atoms with van der Waals surface area (Å²) in [5, 5.41) is 8.13. The second-order valence-corrected chi connectivity index (χ2v) is 8.23. The summed E-state index contributed by atoms with van der Waals surface area (Å²) in [5.41, 5.74) is 1.06. The van der Waals surface area contributed by atoms with Gasteiger partial charge in [-0.2, -0.15) is 22.1 Å². The van der Waals surface area contributed by atoms with Crippen molar-refractivity contribution in [3.63, 3.8) is 0 Å². The molecular formula is C15H25N5O2S. The second kappa shape index (κ2) is 7.11. The minimum Gasteiger partial charge on any atom is -0.352 e. The molecule has 2 aliphatic heterocycles. The molecule has 0 amide bonds. The van der Waals surface area contributed by atoms with E-state index in [9.17, 15) is 8.42 Å². The van der Waals surface area contributed by atoms with Crippen LogP contribution in [0.15, 0.2) is 12.3 Å². The van der Waals surface area contributed by atoms with Crippen molar-refractivity contribution in [2.45, 2.75) is 32.6 Å². The highest BCUT2D eigenvalue weighted by molar-refractivity contribution is 7.86. The van der Waals surface area contributed by atoms with Gasteiger partial charge in [0.25, 0.3) is 10.2 Å². The summed E-state index contributed by atoms with van der Waals surface area (Å²) in [6.07, 6.45) is 5.93. The Morgan fingerprint density at radius 1 is 0.913 bits per heavy atom. The molecule has 128 valence electrons. The molecule has 2 aliphatic rings. The van der Waals surface area contributed by atoms with Crippen molar-refractivity contribution in [1.29, 1.82) is 0 Å². The monoisotopic (exact) mass is 339 g/mol. The van der Waals surface area contributed by atoms with E-state index in [4.69, 9.17) is 0 Å². The number of anilines is 1. The van der Waals surface area contributed by atoms with Crippen LogP contribution in [0.5, 0.6) is 0 Å². The van der Waals surface area contributed by atoms with Gasteiger partial charge >= 0.3 is 0 Å². The van der Waals surface area contributed by atoms with Crippen LogP contribution in [0.25, 0.3) is 0 Å². The number of piperazine rings is 1. The van der Waals surface area contributed by atoms with Crippen LogP contribution in [-0.4, -0.2) is 66.5 Å². The Labute approximate surface area is 138 Å². The highest BCUT2D eigenvalue weighted by atomic mass is 32.2. The van der Waals surface area contributed by atoms with E-state index < -0.39 is 10.2 Å². The molecule has 0 aliphatic carbocycles. The lowest BCUT2D eigenvalue weighted by Gasteiger charge is -2.36. The van der Waals surface area contributed by atoms with E-state index in [0.29, 0.717) is 39.3 Å². The largest absolute Gasteiger partial charge is 0.352 e. The lowest BCUT2D eigenvalue weighted by atomic mass is 10.2. The number of aromatic nitrogens is 2. The first-order valence-corrected chi connectivity index (χ1v) is 9.76. The Hall–Kier alpha value is -1.25.